The van der Waals surface area contributed by atoms with Crippen molar-refractivity contribution in [1.82, 2.24) is 14.7 Å². The van der Waals surface area contributed by atoms with Crippen LogP contribution in [0.4, 0.5) is 26.3 Å². The minimum atomic E-state index is -5.08. The van der Waals surface area contributed by atoms with Crippen molar-refractivity contribution in [3.63, 3.8) is 0 Å². The Morgan fingerprint density at radius 3 is 2.03 bits per heavy atom. The maximum Gasteiger partial charge on any atom is 0.490 e. The summed E-state index contributed by atoms with van der Waals surface area (Å²) in [4.78, 5) is 36.7. The molecular weight excluding hydrogens is 496 g/mol. The van der Waals surface area contributed by atoms with Gasteiger partial charge >= 0.3 is 24.3 Å². The zero-order valence-electron chi connectivity index (χ0n) is 18.7. The van der Waals surface area contributed by atoms with Crippen molar-refractivity contribution in [2.75, 3.05) is 53.4 Å². The van der Waals surface area contributed by atoms with Crippen molar-refractivity contribution in [1.29, 1.82) is 0 Å². The topological polar surface area (TPSA) is 124 Å². The van der Waals surface area contributed by atoms with E-state index in [1.165, 1.54) is 12.5 Å². The molecule has 0 saturated carbocycles. The Labute approximate surface area is 195 Å². The van der Waals surface area contributed by atoms with Crippen LogP contribution >= 0.6 is 0 Å². The van der Waals surface area contributed by atoms with Crippen LogP contribution in [0.2, 0.25) is 0 Å². The number of hydrogen-bond donors (Lipinski definition) is 2. The van der Waals surface area contributed by atoms with E-state index >= 15 is 0 Å². The summed E-state index contributed by atoms with van der Waals surface area (Å²) in [5.74, 6) is -5.48. The Hall–Kier alpha value is -2.85. The van der Waals surface area contributed by atoms with Crippen LogP contribution in [0.15, 0.2) is 23.0 Å². The van der Waals surface area contributed by atoms with Crippen molar-refractivity contribution in [3.8, 4) is 0 Å². The molecule has 1 amide bonds. The summed E-state index contributed by atoms with van der Waals surface area (Å²) >= 11 is 0. The van der Waals surface area contributed by atoms with E-state index in [2.05, 4.69) is 23.9 Å². The van der Waals surface area contributed by atoms with Gasteiger partial charge in [-0.2, -0.15) is 26.3 Å². The average Bonchev–Trinajstić information content (AvgIpc) is 3.41. The van der Waals surface area contributed by atoms with Crippen LogP contribution in [-0.4, -0.2) is 121 Å². The number of carboxylic acids is 2. The van der Waals surface area contributed by atoms with E-state index in [-0.39, 0.29) is 12.0 Å². The summed E-state index contributed by atoms with van der Waals surface area (Å²) < 4.78 is 74.3. The predicted octanol–water partition coefficient (Wildman–Crippen LogP) is 1.63. The van der Waals surface area contributed by atoms with Crippen LogP contribution in [0.1, 0.15) is 10.4 Å². The third kappa shape index (κ3) is 10.1. The first-order chi connectivity index (χ1) is 16.0. The van der Waals surface area contributed by atoms with Crippen molar-refractivity contribution >= 4 is 17.8 Å². The van der Waals surface area contributed by atoms with Gasteiger partial charge in [0, 0.05) is 32.7 Å². The zero-order chi connectivity index (χ0) is 27.0. The molecule has 3 heterocycles. The van der Waals surface area contributed by atoms with Gasteiger partial charge in [0.05, 0.1) is 30.6 Å². The molecule has 2 aliphatic heterocycles. The number of likely N-dealkylation sites (tertiary alicyclic amines) is 1. The molecule has 16 heteroatoms. The number of halogens is 6. The lowest BCUT2D eigenvalue weighted by Crippen LogP contribution is -2.52. The van der Waals surface area contributed by atoms with Crippen molar-refractivity contribution in [2.45, 2.75) is 24.5 Å². The molecule has 0 bridgehead atoms. The van der Waals surface area contributed by atoms with E-state index in [1.54, 1.807) is 6.07 Å². The second kappa shape index (κ2) is 12.7. The number of rotatable bonds is 4. The first-order valence-electron chi connectivity index (χ1n) is 9.96. The second-order valence-corrected chi connectivity index (χ2v) is 7.64. The highest BCUT2D eigenvalue weighted by molar-refractivity contribution is 5.94. The molecule has 2 fully saturated rings. The van der Waals surface area contributed by atoms with Crippen molar-refractivity contribution in [2.24, 2.45) is 0 Å². The van der Waals surface area contributed by atoms with Gasteiger partial charge in [-0.25, -0.2) is 9.59 Å². The molecule has 0 radical (unpaired) electrons. The summed E-state index contributed by atoms with van der Waals surface area (Å²) in [5, 5.41) is 14.2. The van der Waals surface area contributed by atoms with Crippen molar-refractivity contribution in [3.05, 3.63) is 24.2 Å². The number of amides is 1. The SMILES string of the molecule is CN(C)CCN1CCO[C@H]2CN(C(=O)c3ccoc3)C[C@H]21.O=C(O)C(F)(F)F.O=C(O)C(F)(F)F. The summed E-state index contributed by atoms with van der Waals surface area (Å²) in [6, 6.07) is 2.03. The Kier molecular flexibility index (Phi) is 11.0. The van der Waals surface area contributed by atoms with E-state index in [0.29, 0.717) is 18.2 Å². The number of aliphatic carboxylic acids is 2. The molecule has 0 aromatic carbocycles. The maximum atomic E-state index is 12.4. The summed E-state index contributed by atoms with van der Waals surface area (Å²) in [5.41, 5.74) is 0.619. The fraction of sp³-hybridized carbons (Fsp3) is 0.632. The molecule has 0 spiro atoms. The monoisotopic (exact) mass is 521 g/mol. The summed E-state index contributed by atoms with van der Waals surface area (Å²) in [7, 11) is 4.17. The molecule has 200 valence electrons. The number of hydrogen-bond acceptors (Lipinski definition) is 7. The number of alkyl halides is 6. The van der Waals surface area contributed by atoms with E-state index in [9.17, 15) is 31.1 Å². The lowest BCUT2D eigenvalue weighted by Gasteiger charge is -2.37. The molecule has 2 aliphatic rings. The van der Waals surface area contributed by atoms with E-state index in [0.717, 1.165) is 32.8 Å². The van der Waals surface area contributed by atoms with Gasteiger partial charge in [-0.1, -0.05) is 0 Å². The van der Waals surface area contributed by atoms with Gasteiger partial charge < -0.3 is 29.2 Å². The highest BCUT2D eigenvalue weighted by Gasteiger charge is 2.42. The van der Waals surface area contributed by atoms with Crippen LogP contribution in [0.5, 0.6) is 0 Å². The normalized spacial score (nSPS) is 20.3. The summed E-state index contributed by atoms with van der Waals surface area (Å²) in [6.07, 6.45) is -6.98. The van der Waals surface area contributed by atoms with E-state index < -0.39 is 24.3 Å². The van der Waals surface area contributed by atoms with Crippen molar-refractivity contribution < 1.29 is 60.1 Å². The minimum absolute atomic E-state index is 0.0364. The van der Waals surface area contributed by atoms with Gasteiger partial charge in [0.1, 0.15) is 6.26 Å². The number of carbonyl (C=O) groups excluding carboxylic acids is 1. The number of fused-ring (bicyclic) bond motifs is 1. The van der Waals surface area contributed by atoms with Crippen LogP contribution in [0.3, 0.4) is 0 Å². The van der Waals surface area contributed by atoms with Crippen LogP contribution in [0.25, 0.3) is 0 Å². The van der Waals surface area contributed by atoms with E-state index in [4.69, 9.17) is 29.0 Å². The molecule has 1 aromatic rings. The van der Waals surface area contributed by atoms with Gasteiger partial charge in [-0.3, -0.25) is 9.69 Å². The highest BCUT2D eigenvalue weighted by atomic mass is 19.4. The molecule has 10 nitrogen and oxygen atoms in total. The largest absolute Gasteiger partial charge is 0.490 e. The standard InChI is InChI=1S/C15H23N3O3.2C2HF3O2/c1-16(2)4-5-17-6-8-21-14-10-18(9-13(14)17)15(19)12-3-7-20-11-12;2*3-2(4,5)1(6)7/h3,7,11,13-14H,4-6,8-10H2,1-2H3;2*(H,6,7)/t13-,14+;;/m1../s1. The van der Waals surface area contributed by atoms with Gasteiger partial charge in [-0.05, 0) is 20.2 Å². The number of likely N-dealkylation sites (N-methyl/N-ethyl adjacent to an activating group) is 1. The molecule has 0 aliphatic carbocycles. The minimum Gasteiger partial charge on any atom is -0.475 e. The molecule has 0 unspecified atom stereocenters. The lowest BCUT2D eigenvalue weighted by atomic mass is 10.1. The maximum absolute atomic E-state index is 12.4. The number of morpholine rings is 1. The Morgan fingerprint density at radius 1 is 1.06 bits per heavy atom. The number of carbonyl (C=O) groups is 3. The fourth-order valence-corrected chi connectivity index (χ4v) is 3.10. The third-order valence-corrected chi connectivity index (χ3v) is 4.79. The highest BCUT2D eigenvalue weighted by Crippen LogP contribution is 2.24. The molecule has 35 heavy (non-hydrogen) atoms. The van der Waals surface area contributed by atoms with Gasteiger partial charge in [0.25, 0.3) is 5.91 Å². The third-order valence-electron chi connectivity index (χ3n) is 4.79. The van der Waals surface area contributed by atoms with Gasteiger partial charge in [0.15, 0.2) is 0 Å². The lowest BCUT2D eigenvalue weighted by molar-refractivity contribution is -0.193. The first-order valence-corrected chi connectivity index (χ1v) is 9.96. The van der Waals surface area contributed by atoms with Gasteiger partial charge in [-0.15, -0.1) is 0 Å². The van der Waals surface area contributed by atoms with E-state index in [1.807, 2.05) is 4.90 Å². The number of carboxylic acid groups (broad SMARTS) is 2. The Bertz CT molecular complexity index is 806. The smallest absolute Gasteiger partial charge is 0.475 e. The summed E-state index contributed by atoms with van der Waals surface area (Å²) in [6.45, 7) is 5.16. The predicted molar refractivity (Wildman–Crippen MR) is 106 cm³/mol. The molecule has 2 atom stereocenters. The number of ether oxygens (including phenoxy) is 1. The number of furan rings is 1. The quantitative estimate of drug-likeness (QED) is 0.569. The van der Waals surface area contributed by atoms with Gasteiger partial charge in [0.2, 0.25) is 0 Å². The first kappa shape index (κ1) is 30.2. The molecule has 2 saturated heterocycles. The second-order valence-electron chi connectivity index (χ2n) is 7.64. The molecular formula is C19H25F6N3O7. The molecule has 2 N–H and O–H groups in total. The molecule has 1 aromatic heterocycles. The average molecular weight is 521 g/mol. The van der Waals surface area contributed by atoms with Crippen LogP contribution < -0.4 is 0 Å². The Morgan fingerprint density at radius 2 is 1.60 bits per heavy atom. The molecule has 3 rings (SSSR count). The number of nitrogens with zero attached hydrogens (tertiary/aromatic N) is 3. The zero-order valence-corrected chi connectivity index (χ0v) is 18.7. The fourth-order valence-electron chi connectivity index (χ4n) is 3.10. The van der Waals surface area contributed by atoms with Crippen LogP contribution in [-0.2, 0) is 14.3 Å². The Balaban J connectivity index is 0.000000362. The van der Waals surface area contributed by atoms with Crippen LogP contribution in [0, 0.1) is 0 Å².